The van der Waals surface area contributed by atoms with Gasteiger partial charge in [-0.05, 0) is 84.6 Å². The van der Waals surface area contributed by atoms with E-state index < -0.39 is 80.4 Å². The summed E-state index contributed by atoms with van der Waals surface area (Å²) in [5.41, 5.74) is -2.77. The first-order chi connectivity index (χ1) is 23.0. The molecule has 0 radical (unpaired) electrons. The highest BCUT2D eigenvalue weighted by molar-refractivity contribution is 5.86. The van der Waals surface area contributed by atoms with Gasteiger partial charge in [0.25, 0.3) is 0 Å². The average Bonchev–Trinajstić information content (AvgIpc) is 2.98. The molecule has 0 aliphatic heterocycles. The molecule has 5 aromatic rings. The highest BCUT2D eigenvalue weighted by atomic mass is 19.4. The Kier molecular flexibility index (Phi) is 9.33. The maximum atomic E-state index is 15.0. The van der Waals surface area contributed by atoms with Crippen molar-refractivity contribution in [1.82, 2.24) is 0 Å². The molecule has 0 N–H and O–H groups in total. The molecule has 12 heteroatoms. The van der Waals surface area contributed by atoms with E-state index in [1.54, 1.807) is 13.0 Å². The molecule has 0 heterocycles. The molecule has 0 amide bonds. The standard InChI is InChI=1S/C37H15F11O/c1-20-2-6-23(29(38)14-20)7-3-21-4-8-24(30(39)15-21)9-5-22-16-32(41)34(33(42)17-22)37(47,48)49-26-10-11-27-25(18-26)19-31(40)28(35(27)43)12-13-36(44,45)46/h2,4,6,8,10-11,14-19H,1H3. The molecule has 49 heavy (non-hydrogen) atoms. The van der Waals surface area contributed by atoms with Gasteiger partial charge in [-0.2, -0.15) is 22.0 Å². The number of hydrogen-bond acceptors (Lipinski definition) is 1. The third kappa shape index (κ3) is 7.97. The molecule has 0 fully saturated rings. The van der Waals surface area contributed by atoms with Crippen LogP contribution in [0, 0.1) is 77.3 Å². The minimum atomic E-state index is -5.04. The second-order valence-corrected chi connectivity index (χ2v) is 10.3. The van der Waals surface area contributed by atoms with Gasteiger partial charge < -0.3 is 4.74 Å². The van der Waals surface area contributed by atoms with Crippen LogP contribution in [0.5, 0.6) is 5.75 Å². The first-order valence-corrected chi connectivity index (χ1v) is 13.7. The predicted molar refractivity (Wildman–Crippen MR) is 157 cm³/mol. The zero-order valence-electron chi connectivity index (χ0n) is 24.5. The van der Waals surface area contributed by atoms with Gasteiger partial charge >= 0.3 is 12.3 Å². The Labute approximate surface area is 271 Å². The van der Waals surface area contributed by atoms with Gasteiger partial charge in [-0.25, -0.2) is 26.3 Å². The van der Waals surface area contributed by atoms with Crippen LogP contribution in [0.4, 0.5) is 48.3 Å². The van der Waals surface area contributed by atoms with Crippen molar-refractivity contribution in [3.05, 3.63) is 147 Å². The van der Waals surface area contributed by atoms with Gasteiger partial charge in [0.05, 0.1) is 16.7 Å². The molecule has 0 aliphatic carbocycles. The van der Waals surface area contributed by atoms with Crippen LogP contribution in [0.25, 0.3) is 10.8 Å². The van der Waals surface area contributed by atoms with Gasteiger partial charge in [0.15, 0.2) is 0 Å². The Bertz CT molecular complexity index is 2300. The zero-order valence-corrected chi connectivity index (χ0v) is 24.5. The van der Waals surface area contributed by atoms with Crippen LogP contribution in [0.2, 0.25) is 0 Å². The van der Waals surface area contributed by atoms with E-state index in [4.69, 9.17) is 0 Å². The minimum absolute atomic E-state index is 0.0941. The number of aryl methyl sites for hydroxylation is 1. The summed E-state index contributed by atoms with van der Waals surface area (Å²) in [6, 6.07) is 11.6. The molecule has 0 aliphatic rings. The van der Waals surface area contributed by atoms with Crippen molar-refractivity contribution in [2.45, 2.75) is 19.2 Å². The zero-order chi connectivity index (χ0) is 35.7. The minimum Gasteiger partial charge on any atom is -0.429 e. The van der Waals surface area contributed by atoms with Gasteiger partial charge in [-0.1, -0.05) is 35.7 Å². The van der Waals surface area contributed by atoms with E-state index in [1.165, 1.54) is 30.2 Å². The van der Waals surface area contributed by atoms with Gasteiger partial charge in [0, 0.05) is 22.4 Å². The number of hydrogen-bond donors (Lipinski definition) is 0. The third-order valence-corrected chi connectivity index (χ3v) is 6.69. The summed E-state index contributed by atoms with van der Waals surface area (Å²) in [6.07, 6.45) is -9.73. The number of alkyl halides is 5. The normalized spacial score (nSPS) is 11.2. The highest BCUT2D eigenvalue weighted by Crippen LogP contribution is 2.37. The summed E-state index contributed by atoms with van der Waals surface area (Å²) < 4.78 is 159. The molecule has 0 aromatic heterocycles. The Morgan fingerprint density at radius 1 is 0.551 bits per heavy atom. The fourth-order valence-electron chi connectivity index (χ4n) is 4.44. The molecular weight excluding hydrogens is 669 g/mol. The van der Waals surface area contributed by atoms with Crippen molar-refractivity contribution in [3.63, 3.8) is 0 Å². The summed E-state index contributed by atoms with van der Waals surface area (Å²) in [5, 5.41) is -0.930. The molecule has 5 rings (SSSR count). The van der Waals surface area contributed by atoms with Crippen molar-refractivity contribution >= 4 is 10.8 Å². The van der Waals surface area contributed by atoms with Gasteiger partial charge in [0.1, 0.15) is 46.2 Å². The van der Waals surface area contributed by atoms with Crippen LogP contribution in [0.3, 0.4) is 0 Å². The lowest BCUT2D eigenvalue weighted by Crippen LogP contribution is -2.25. The summed E-state index contributed by atoms with van der Waals surface area (Å²) in [5.74, 6) is 3.00. The molecule has 0 atom stereocenters. The lowest BCUT2D eigenvalue weighted by Gasteiger charge is -2.20. The monoisotopic (exact) mass is 684 g/mol. The van der Waals surface area contributed by atoms with Crippen LogP contribution in [0.15, 0.2) is 72.8 Å². The highest BCUT2D eigenvalue weighted by Gasteiger charge is 2.41. The second-order valence-electron chi connectivity index (χ2n) is 10.3. The fourth-order valence-corrected chi connectivity index (χ4v) is 4.44. The number of benzene rings is 5. The molecule has 0 unspecified atom stereocenters. The number of rotatable bonds is 3. The van der Waals surface area contributed by atoms with Crippen LogP contribution in [-0.2, 0) is 6.11 Å². The summed E-state index contributed by atoms with van der Waals surface area (Å²) in [6.45, 7) is 1.70. The smallest absolute Gasteiger partial charge is 0.429 e. The van der Waals surface area contributed by atoms with Crippen LogP contribution < -0.4 is 4.74 Å². The first-order valence-electron chi connectivity index (χ1n) is 13.7. The van der Waals surface area contributed by atoms with Crippen LogP contribution >= 0.6 is 0 Å². The van der Waals surface area contributed by atoms with E-state index in [1.807, 2.05) is 0 Å². The number of halogens is 11. The van der Waals surface area contributed by atoms with Crippen molar-refractivity contribution in [3.8, 4) is 41.3 Å². The predicted octanol–water partition coefficient (Wildman–Crippen LogP) is 9.82. The average molecular weight is 685 g/mol. The van der Waals surface area contributed by atoms with E-state index in [2.05, 4.69) is 28.4 Å². The van der Waals surface area contributed by atoms with E-state index in [-0.39, 0.29) is 16.7 Å². The van der Waals surface area contributed by atoms with E-state index >= 15 is 0 Å². The van der Waals surface area contributed by atoms with E-state index in [9.17, 15) is 48.3 Å². The molecule has 0 bridgehead atoms. The summed E-state index contributed by atoms with van der Waals surface area (Å²) in [4.78, 5) is 0. The molecule has 5 aromatic carbocycles. The molecule has 0 saturated heterocycles. The van der Waals surface area contributed by atoms with Crippen molar-refractivity contribution < 1.29 is 53.0 Å². The van der Waals surface area contributed by atoms with Gasteiger partial charge in [-0.3, -0.25) is 0 Å². The lowest BCUT2D eigenvalue weighted by molar-refractivity contribution is -0.189. The molecule has 0 spiro atoms. The first kappa shape index (κ1) is 34.4. The fraction of sp³-hybridized carbons (Fsp3) is 0.0811. The molecule has 246 valence electrons. The second kappa shape index (κ2) is 13.3. The summed E-state index contributed by atoms with van der Waals surface area (Å²) >= 11 is 0. The van der Waals surface area contributed by atoms with Crippen molar-refractivity contribution in [1.29, 1.82) is 0 Å². The van der Waals surface area contributed by atoms with Crippen molar-refractivity contribution in [2.75, 3.05) is 0 Å². The third-order valence-electron chi connectivity index (χ3n) is 6.69. The molecular formula is C37H15F11O. The van der Waals surface area contributed by atoms with Gasteiger partial charge in [-0.15, -0.1) is 0 Å². The Morgan fingerprint density at radius 3 is 1.76 bits per heavy atom. The SMILES string of the molecule is Cc1ccc(C#Cc2ccc(C#Cc3cc(F)c(C(F)(F)Oc4ccc5c(F)c(C#CC(F)(F)F)c(F)cc5c4)c(F)c3)c(F)c2)c(F)c1. The summed E-state index contributed by atoms with van der Waals surface area (Å²) in [7, 11) is 0. The van der Waals surface area contributed by atoms with Crippen LogP contribution in [0.1, 0.15) is 38.9 Å². The Balaban J connectivity index is 1.36. The van der Waals surface area contributed by atoms with E-state index in [0.717, 1.165) is 24.1 Å². The topological polar surface area (TPSA) is 9.23 Å². The maximum Gasteiger partial charge on any atom is 0.458 e. The number of fused-ring (bicyclic) bond motifs is 1. The molecule has 0 saturated carbocycles. The largest absolute Gasteiger partial charge is 0.458 e. The van der Waals surface area contributed by atoms with E-state index in [0.29, 0.717) is 29.8 Å². The maximum absolute atomic E-state index is 15.0. The Hall–Kier alpha value is -5.93. The van der Waals surface area contributed by atoms with Crippen LogP contribution in [-0.4, -0.2) is 6.18 Å². The van der Waals surface area contributed by atoms with Gasteiger partial charge in [0.2, 0.25) is 0 Å². The Morgan fingerprint density at radius 2 is 1.14 bits per heavy atom. The number of ether oxygens (including phenoxy) is 1. The lowest BCUT2D eigenvalue weighted by atomic mass is 10.0. The molecule has 1 nitrogen and oxygen atoms in total. The van der Waals surface area contributed by atoms with Crippen molar-refractivity contribution in [2.24, 2.45) is 0 Å². The quantitative estimate of drug-likeness (QED) is 0.136.